The van der Waals surface area contributed by atoms with E-state index in [1.807, 2.05) is 37.3 Å². The molecule has 118 valence electrons. The third kappa shape index (κ3) is 3.88. The second kappa shape index (κ2) is 6.96. The number of rotatable bonds is 4. The Bertz CT molecular complexity index is 713. The van der Waals surface area contributed by atoms with E-state index < -0.39 is 0 Å². The molecule has 0 bridgehead atoms. The summed E-state index contributed by atoms with van der Waals surface area (Å²) in [5.41, 5.74) is 1.90. The SMILES string of the molecule is CC(NC(=O)C=Cc1ccc2c(c1)OCCO2)c1ccncc1. The van der Waals surface area contributed by atoms with Crippen molar-refractivity contribution in [3.63, 3.8) is 0 Å². The average Bonchev–Trinajstić information content (AvgIpc) is 2.60. The van der Waals surface area contributed by atoms with Gasteiger partial charge < -0.3 is 14.8 Å². The van der Waals surface area contributed by atoms with Crippen molar-refractivity contribution >= 4 is 12.0 Å². The van der Waals surface area contributed by atoms with Crippen LogP contribution in [0.1, 0.15) is 24.1 Å². The molecule has 0 radical (unpaired) electrons. The fraction of sp³-hybridized carbons (Fsp3) is 0.222. The largest absolute Gasteiger partial charge is 0.486 e. The third-order valence-electron chi connectivity index (χ3n) is 3.56. The van der Waals surface area contributed by atoms with Gasteiger partial charge in [-0.3, -0.25) is 9.78 Å². The Hall–Kier alpha value is -2.82. The highest BCUT2D eigenvalue weighted by molar-refractivity contribution is 5.92. The van der Waals surface area contributed by atoms with Crippen LogP contribution in [0.25, 0.3) is 6.08 Å². The third-order valence-corrected chi connectivity index (χ3v) is 3.56. The molecular weight excluding hydrogens is 292 g/mol. The quantitative estimate of drug-likeness (QED) is 0.882. The van der Waals surface area contributed by atoms with Crippen LogP contribution < -0.4 is 14.8 Å². The highest BCUT2D eigenvalue weighted by Gasteiger charge is 2.11. The van der Waals surface area contributed by atoms with Crippen LogP contribution in [-0.2, 0) is 4.79 Å². The zero-order valence-corrected chi connectivity index (χ0v) is 12.9. The van der Waals surface area contributed by atoms with E-state index in [-0.39, 0.29) is 11.9 Å². The Morgan fingerprint density at radius 1 is 1.17 bits per heavy atom. The number of aromatic nitrogens is 1. The van der Waals surface area contributed by atoms with Crippen LogP contribution in [0.5, 0.6) is 11.5 Å². The summed E-state index contributed by atoms with van der Waals surface area (Å²) in [6.45, 7) is 3.05. The molecule has 1 N–H and O–H groups in total. The van der Waals surface area contributed by atoms with E-state index in [0.29, 0.717) is 19.0 Å². The number of fused-ring (bicyclic) bond motifs is 1. The number of carbonyl (C=O) groups excluding carboxylic acids is 1. The number of hydrogen-bond donors (Lipinski definition) is 1. The first kappa shape index (κ1) is 15.1. The van der Waals surface area contributed by atoms with Crippen LogP contribution >= 0.6 is 0 Å². The minimum absolute atomic E-state index is 0.0737. The number of carbonyl (C=O) groups is 1. The second-order valence-electron chi connectivity index (χ2n) is 5.25. The number of ether oxygens (including phenoxy) is 2. The van der Waals surface area contributed by atoms with Gasteiger partial charge >= 0.3 is 0 Å². The number of nitrogens with one attached hydrogen (secondary N) is 1. The summed E-state index contributed by atoms with van der Waals surface area (Å²) in [6, 6.07) is 9.31. The lowest BCUT2D eigenvalue weighted by Gasteiger charge is -2.18. The van der Waals surface area contributed by atoms with Crippen molar-refractivity contribution in [2.75, 3.05) is 13.2 Å². The molecule has 0 saturated heterocycles. The molecule has 1 aromatic carbocycles. The van der Waals surface area contributed by atoms with Crippen LogP contribution in [0.15, 0.2) is 48.8 Å². The van der Waals surface area contributed by atoms with E-state index in [9.17, 15) is 4.79 Å². The molecule has 1 aromatic heterocycles. The van der Waals surface area contributed by atoms with Gasteiger partial charge in [-0.1, -0.05) is 6.07 Å². The molecule has 1 aliphatic heterocycles. The summed E-state index contributed by atoms with van der Waals surface area (Å²) in [5, 5.41) is 2.92. The van der Waals surface area contributed by atoms with Crippen molar-refractivity contribution in [3.8, 4) is 11.5 Å². The Morgan fingerprint density at radius 2 is 1.91 bits per heavy atom. The predicted molar refractivity (Wildman–Crippen MR) is 87.3 cm³/mol. The van der Waals surface area contributed by atoms with Crippen molar-refractivity contribution < 1.29 is 14.3 Å². The molecule has 1 atom stereocenters. The highest BCUT2D eigenvalue weighted by atomic mass is 16.6. The summed E-state index contributed by atoms with van der Waals surface area (Å²) in [5.74, 6) is 1.30. The highest BCUT2D eigenvalue weighted by Crippen LogP contribution is 2.31. The van der Waals surface area contributed by atoms with Crippen molar-refractivity contribution in [1.29, 1.82) is 0 Å². The fourth-order valence-corrected chi connectivity index (χ4v) is 2.33. The lowest BCUT2D eigenvalue weighted by atomic mass is 10.1. The topological polar surface area (TPSA) is 60.5 Å². The maximum Gasteiger partial charge on any atom is 0.244 e. The number of amides is 1. The Balaban J connectivity index is 1.62. The molecular formula is C18H18N2O3. The zero-order chi connectivity index (χ0) is 16.1. The van der Waals surface area contributed by atoms with Gasteiger partial charge in [-0.05, 0) is 48.4 Å². The van der Waals surface area contributed by atoms with Gasteiger partial charge in [0.1, 0.15) is 13.2 Å². The first-order valence-corrected chi connectivity index (χ1v) is 7.50. The maximum atomic E-state index is 12.0. The minimum Gasteiger partial charge on any atom is -0.486 e. The molecule has 5 heteroatoms. The van der Waals surface area contributed by atoms with Crippen molar-refractivity contribution in [2.24, 2.45) is 0 Å². The van der Waals surface area contributed by atoms with Crippen LogP contribution in [-0.4, -0.2) is 24.1 Å². The van der Waals surface area contributed by atoms with Crippen LogP contribution in [0, 0.1) is 0 Å². The Kier molecular flexibility index (Phi) is 4.57. The number of hydrogen-bond acceptors (Lipinski definition) is 4. The molecule has 0 spiro atoms. The fourth-order valence-electron chi connectivity index (χ4n) is 2.33. The molecule has 1 amide bonds. The van der Waals surface area contributed by atoms with Crippen LogP contribution in [0.2, 0.25) is 0 Å². The van der Waals surface area contributed by atoms with E-state index in [2.05, 4.69) is 10.3 Å². The standard InChI is InChI=1S/C18H18N2O3/c1-13(15-6-8-19-9-7-15)20-18(21)5-3-14-2-4-16-17(12-14)23-11-10-22-16/h2-9,12-13H,10-11H2,1H3,(H,20,21). The van der Waals surface area contributed by atoms with Crippen LogP contribution in [0.4, 0.5) is 0 Å². The molecule has 2 heterocycles. The lowest BCUT2D eigenvalue weighted by Crippen LogP contribution is -2.24. The predicted octanol–water partition coefficient (Wildman–Crippen LogP) is 2.74. The first-order chi connectivity index (χ1) is 11.2. The molecule has 0 saturated carbocycles. The summed E-state index contributed by atoms with van der Waals surface area (Å²) in [4.78, 5) is 16.0. The van der Waals surface area contributed by atoms with Gasteiger partial charge in [0.2, 0.25) is 5.91 Å². The molecule has 1 unspecified atom stereocenters. The average molecular weight is 310 g/mol. The van der Waals surface area contributed by atoms with Gasteiger partial charge in [0.15, 0.2) is 11.5 Å². The second-order valence-corrected chi connectivity index (χ2v) is 5.25. The van der Waals surface area contributed by atoms with E-state index in [1.165, 1.54) is 6.08 Å². The van der Waals surface area contributed by atoms with Crippen molar-refractivity contribution in [3.05, 3.63) is 59.9 Å². The normalized spacial score (nSPS) is 14.5. The van der Waals surface area contributed by atoms with Gasteiger partial charge in [-0.2, -0.15) is 0 Å². The number of pyridine rings is 1. The van der Waals surface area contributed by atoms with Gasteiger partial charge in [0.25, 0.3) is 0 Å². The molecule has 5 nitrogen and oxygen atoms in total. The maximum absolute atomic E-state index is 12.0. The number of nitrogens with zero attached hydrogens (tertiary/aromatic N) is 1. The minimum atomic E-state index is -0.149. The summed E-state index contributed by atoms with van der Waals surface area (Å²) in [7, 11) is 0. The van der Waals surface area contributed by atoms with Crippen molar-refractivity contribution in [2.45, 2.75) is 13.0 Å². The van der Waals surface area contributed by atoms with E-state index in [4.69, 9.17) is 9.47 Å². The molecule has 2 aromatic rings. The van der Waals surface area contributed by atoms with Gasteiger partial charge in [0, 0.05) is 18.5 Å². The van der Waals surface area contributed by atoms with Crippen LogP contribution in [0.3, 0.4) is 0 Å². The summed E-state index contributed by atoms with van der Waals surface area (Å²) >= 11 is 0. The zero-order valence-electron chi connectivity index (χ0n) is 12.9. The van der Waals surface area contributed by atoms with E-state index in [1.54, 1.807) is 18.5 Å². The van der Waals surface area contributed by atoms with Gasteiger partial charge in [0.05, 0.1) is 6.04 Å². The number of benzene rings is 1. The summed E-state index contributed by atoms with van der Waals surface area (Å²) in [6.07, 6.45) is 6.70. The molecule has 23 heavy (non-hydrogen) atoms. The molecule has 0 fully saturated rings. The molecule has 3 rings (SSSR count). The van der Waals surface area contributed by atoms with E-state index >= 15 is 0 Å². The monoisotopic (exact) mass is 310 g/mol. The summed E-state index contributed by atoms with van der Waals surface area (Å²) < 4.78 is 11.0. The van der Waals surface area contributed by atoms with Gasteiger partial charge in [-0.15, -0.1) is 0 Å². The first-order valence-electron chi connectivity index (χ1n) is 7.50. The van der Waals surface area contributed by atoms with Gasteiger partial charge in [-0.25, -0.2) is 0 Å². The molecule has 1 aliphatic rings. The Labute approximate surface area is 135 Å². The molecule has 0 aliphatic carbocycles. The Morgan fingerprint density at radius 3 is 2.70 bits per heavy atom. The van der Waals surface area contributed by atoms with Crippen molar-refractivity contribution in [1.82, 2.24) is 10.3 Å². The van der Waals surface area contributed by atoms with E-state index in [0.717, 1.165) is 16.9 Å². The smallest absolute Gasteiger partial charge is 0.244 e. The lowest BCUT2D eigenvalue weighted by molar-refractivity contribution is -0.117.